The molecule has 3 nitrogen and oxygen atoms in total. The minimum absolute atomic E-state index is 0.577. The molecule has 21 heavy (non-hydrogen) atoms. The van der Waals surface area contributed by atoms with Crippen molar-refractivity contribution in [3.8, 4) is 11.1 Å². The molecule has 0 aliphatic carbocycles. The molecule has 0 spiro atoms. The third-order valence-corrected chi connectivity index (χ3v) is 3.78. The van der Waals surface area contributed by atoms with Crippen molar-refractivity contribution >= 4 is 22.4 Å². The van der Waals surface area contributed by atoms with Gasteiger partial charge in [-0.3, -0.25) is 0 Å². The first-order valence-corrected chi connectivity index (χ1v) is 7.00. The molecule has 0 fully saturated rings. The van der Waals surface area contributed by atoms with E-state index in [0.29, 0.717) is 5.82 Å². The fourth-order valence-corrected chi connectivity index (χ4v) is 2.54. The van der Waals surface area contributed by atoms with Gasteiger partial charge in [-0.1, -0.05) is 30.3 Å². The number of fused-ring (bicyclic) bond motifs is 1. The van der Waals surface area contributed by atoms with E-state index in [1.54, 1.807) is 0 Å². The largest absolute Gasteiger partial charge is 0.383 e. The van der Waals surface area contributed by atoms with Crippen LogP contribution in [0.15, 0.2) is 48.5 Å². The molecule has 0 saturated carbocycles. The van der Waals surface area contributed by atoms with Gasteiger partial charge in [0.1, 0.15) is 5.82 Å². The van der Waals surface area contributed by atoms with E-state index in [1.807, 2.05) is 26.2 Å². The van der Waals surface area contributed by atoms with Crippen LogP contribution in [-0.2, 0) is 0 Å². The Kier molecular flexibility index (Phi) is 3.26. The van der Waals surface area contributed by atoms with Crippen molar-refractivity contribution in [3.05, 3.63) is 54.1 Å². The first-order valence-electron chi connectivity index (χ1n) is 7.00. The number of nitrogens with two attached hydrogens (primary N) is 1. The molecule has 0 atom stereocenters. The zero-order chi connectivity index (χ0) is 15.0. The molecule has 3 heteroatoms. The summed E-state index contributed by atoms with van der Waals surface area (Å²) in [6.45, 7) is 2.09. The number of nitrogen functional groups attached to an aromatic ring is 1. The lowest BCUT2D eigenvalue weighted by atomic mass is 9.99. The monoisotopic (exact) mass is 277 g/mol. The van der Waals surface area contributed by atoms with Gasteiger partial charge in [0.25, 0.3) is 0 Å². The van der Waals surface area contributed by atoms with Gasteiger partial charge in [-0.2, -0.15) is 0 Å². The Morgan fingerprint density at radius 1 is 0.952 bits per heavy atom. The van der Waals surface area contributed by atoms with E-state index >= 15 is 0 Å². The van der Waals surface area contributed by atoms with E-state index in [4.69, 9.17) is 5.73 Å². The fourth-order valence-electron chi connectivity index (χ4n) is 2.54. The Bertz CT molecular complexity index is 807. The summed E-state index contributed by atoms with van der Waals surface area (Å²) in [5.41, 5.74) is 11.6. The number of benzene rings is 2. The van der Waals surface area contributed by atoms with Crippen molar-refractivity contribution in [1.29, 1.82) is 0 Å². The van der Waals surface area contributed by atoms with Crippen molar-refractivity contribution in [2.75, 3.05) is 24.7 Å². The van der Waals surface area contributed by atoms with Gasteiger partial charge in [0, 0.05) is 30.7 Å². The van der Waals surface area contributed by atoms with Crippen LogP contribution in [-0.4, -0.2) is 19.1 Å². The number of rotatable bonds is 2. The molecule has 1 aromatic heterocycles. The molecule has 106 valence electrons. The Morgan fingerprint density at radius 3 is 2.43 bits per heavy atom. The summed E-state index contributed by atoms with van der Waals surface area (Å²) in [6, 6.07) is 16.6. The number of hydrogen-bond donors (Lipinski definition) is 1. The first-order chi connectivity index (χ1) is 10.1. The van der Waals surface area contributed by atoms with Crippen LogP contribution in [0.1, 0.15) is 5.56 Å². The van der Waals surface area contributed by atoms with Crippen molar-refractivity contribution in [2.45, 2.75) is 6.92 Å². The molecule has 0 saturated heterocycles. The average Bonchev–Trinajstić information content (AvgIpc) is 2.46. The third-order valence-electron chi connectivity index (χ3n) is 3.78. The number of pyridine rings is 1. The van der Waals surface area contributed by atoms with Gasteiger partial charge in [-0.05, 0) is 36.2 Å². The van der Waals surface area contributed by atoms with Crippen molar-refractivity contribution < 1.29 is 0 Å². The highest BCUT2D eigenvalue weighted by molar-refractivity contribution is 5.91. The molecule has 1 heterocycles. The predicted molar refractivity (Wildman–Crippen MR) is 90.7 cm³/mol. The smallest absolute Gasteiger partial charge is 0.132 e. The second-order valence-electron chi connectivity index (χ2n) is 5.51. The SMILES string of the molecule is Cc1ccccc1-c1cc2ccc(N(C)C)cc2nc1N. The van der Waals surface area contributed by atoms with Gasteiger partial charge >= 0.3 is 0 Å². The molecule has 2 aromatic carbocycles. The van der Waals surface area contributed by atoms with Crippen molar-refractivity contribution in [1.82, 2.24) is 4.98 Å². The molecule has 0 aliphatic rings. The number of hydrogen-bond acceptors (Lipinski definition) is 3. The van der Waals surface area contributed by atoms with Crippen molar-refractivity contribution in [2.24, 2.45) is 0 Å². The van der Waals surface area contributed by atoms with Gasteiger partial charge in [0.2, 0.25) is 0 Å². The van der Waals surface area contributed by atoms with Crippen molar-refractivity contribution in [3.63, 3.8) is 0 Å². The summed E-state index contributed by atoms with van der Waals surface area (Å²) in [6.07, 6.45) is 0. The molecule has 0 aliphatic heterocycles. The van der Waals surface area contributed by atoms with Crippen LogP contribution in [0.3, 0.4) is 0 Å². The lowest BCUT2D eigenvalue weighted by Crippen LogP contribution is -2.08. The molecular formula is C18H19N3. The highest BCUT2D eigenvalue weighted by Gasteiger charge is 2.09. The van der Waals surface area contributed by atoms with Gasteiger partial charge in [-0.15, -0.1) is 0 Å². The number of aryl methyl sites for hydroxylation is 1. The minimum atomic E-state index is 0.577. The molecule has 0 bridgehead atoms. The Morgan fingerprint density at radius 2 is 1.71 bits per heavy atom. The average molecular weight is 277 g/mol. The van der Waals surface area contributed by atoms with E-state index in [1.165, 1.54) is 5.56 Å². The van der Waals surface area contributed by atoms with Crippen LogP contribution in [0.5, 0.6) is 0 Å². The molecule has 0 amide bonds. The van der Waals surface area contributed by atoms with E-state index in [0.717, 1.165) is 27.7 Å². The summed E-state index contributed by atoms with van der Waals surface area (Å²) in [7, 11) is 4.04. The standard InChI is InChI=1S/C18H19N3/c1-12-6-4-5-7-15(12)16-10-13-8-9-14(21(2)3)11-17(13)20-18(16)19/h4-11H,1-3H3,(H2,19,20). The van der Waals surface area contributed by atoms with E-state index in [9.17, 15) is 0 Å². The predicted octanol–water partition coefficient (Wildman–Crippen LogP) is 3.86. The quantitative estimate of drug-likeness (QED) is 0.773. The molecule has 0 unspecified atom stereocenters. The lowest BCUT2D eigenvalue weighted by molar-refractivity contribution is 1.13. The lowest BCUT2D eigenvalue weighted by Gasteiger charge is -2.14. The van der Waals surface area contributed by atoms with Crippen LogP contribution in [0.25, 0.3) is 22.0 Å². The molecule has 2 N–H and O–H groups in total. The zero-order valence-corrected chi connectivity index (χ0v) is 12.6. The Balaban J connectivity index is 2.21. The minimum Gasteiger partial charge on any atom is -0.383 e. The summed E-state index contributed by atoms with van der Waals surface area (Å²) in [5.74, 6) is 0.577. The topological polar surface area (TPSA) is 42.2 Å². The normalized spacial score (nSPS) is 10.8. The van der Waals surface area contributed by atoms with Gasteiger partial charge < -0.3 is 10.6 Å². The first kappa shape index (κ1) is 13.4. The summed E-state index contributed by atoms with van der Waals surface area (Å²) in [4.78, 5) is 6.65. The van der Waals surface area contributed by atoms with E-state index in [2.05, 4.69) is 53.2 Å². The van der Waals surface area contributed by atoms with Gasteiger partial charge in [0.15, 0.2) is 0 Å². The second-order valence-corrected chi connectivity index (χ2v) is 5.51. The van der Waals surface area contributed by atoms with Gasteiger partial charge in [-0.25, -0.2) is 4.98 Å². The number of nitrogens with zero attached hydrogens (tertiary/aromatic N) is 2. The Labute approximate surface area is 125 Å². The van der Waals surface area contributed by atoms with Gasteiger partial charge in [0.05, 0.1) is 5.52 Å². The molecule has 3 aromatic rings. The number of aromatic nitrogens is 1. The third kappa shape index (κ3) is 2.42. The maximum Gasteiger partial charge on any atom is 0.132 e. The highest BCUT2D eigenvalue weighted by Crippen LogP contribution is 2.31. The zero-order valence-electron chi connectivity index (χ0n) is 12.6. The summed E-state index contributed by atoms with van der Waals surface area (Å²) < 4.78 is 0. The van der Waals surface area contributed by atoms with Crippen LogP contribution >= 0.6 is 0 Å². The van der Waals surface area contributed by atoms with Crippen LogP contribution in [0.2, 0.25) is 0 Å². The van der Waals surface area contributed by atoms with E-state index in [-0.39, 0.29) is 0 Å². The van der Waals surface area contributed by atoms with Crippen LogP contribution in [0, 0.1) is 6.92 Å². The molecular weight excluding hydrogens is 258 g/mol. The van der Waals surface area contributed by atoms with Crippen LogP contribution < -0.4 is 10.6 Å². The molecule has 3 rings (SSSR count). The maximum atomic E-state index is 6.19. The van der Waals surface area contributed by atoms with Crippen LogP contribution in [0.4, 0.5) is 11.5 Å². The summed E-state index contributed by atoms with van der Waals surface area (Å²) in [5, 5.41) is 1.10. The van der Waals surface area contributed by atoms with E-state index < -0.39 is 0 Å². The fraction of sp³-hybridized carbons (Fsp3) is 0.167. The maximum absolute atomic E-state index is 6.19. The second kappa shape index (κ2) is 5.09. The number of anilines is 2. The summed E-state index contributed by atoms with van der Waals surface area (Å²) >= 11 is 0. The Hall–Kier alpha value is -2.55. The molecule has 0 radical (unpaired) electrons. The highest BCUT2D eigenvalue weighted by atomic mass is 15.1.